The summed E-state index contributed by atoms with van der Waals surface area (Å²) < 4.78 is 0. The molecule has 3 heteroatoms. The van der Waals surface area contributed by atoms with Gasteiger partial charge in [-0.15, -0.1) is 0 Å². The molecule has 0 bridgehead atoms. The van der Waals surface area contributed by atoms with Crippen molar-refractivity contribution in [3.63, 3.8) is 0 Å². The van der Waals surface area contributed by atoms with Gasteiger partial charge in [-0.2, -0.15) is 0 Å². The highest BCUT2D eigenvalue weighted by Gasteiger charge is 2.16. The number of amides is 1. The lowest BCUT2D eigenvalue weighted by Gasteiger charge is -2.24. The number of benzene rings is 1. The number of hydrogen-bond acceptors (Lipinski definition) is 2. The minimum Gasteiger partial charge on any atom is -0.337 e. The first-order valence-corrected chi connectivity index (χ1v) is 5.73. The molecule has 0 aliphatic carbocycles. The van der Waals surface area contributed by atoms with Gasteiger partial charge in [-0.25, -0.2) is 0 Å². The van der Waals surface area contributed by atoms with Crippen LogP contribution < -0.4 is 5.73 Å². The van der Waals surface area contributed by atoms with Crippen molar-refractivity contribution < 1.29 is 4.79 Å². The Bertz CT molecular complexity index is 322. The molecule has 3 nitrogen and oxygen atoms in total. The molecule has 0 unspecified atom stereocenters. The topological polar surface area (TPSA) is 46.3 Å². The summed E-state index contributed by atoms with van der Waals surface area (Å²) in [5.41, 5.74) is 6.77. The maximum Gasteiger partial charge on any atom is 0.239 e. The molecule has 0 saturated carbocycles. The van der Waals surface area contributed by atoms with Crippen LogP contribution in [0.2, 0.25) is 0 Å². The highest BCUT2D eigenvalue weighted by molar-refractivity contribution is 5.81. The Morgan fingerprint density at radius 1 is 1.38 bits per heavy atom. The molecular weight excluding hydrogens is 200 g/mol. The Morgan fingerprint density at radius 2 is 2.00 bits per heavy atom. The van der Waals surface area contributed by atoms with Gasteiger partial charge in [-0.3, -0.25) is 4.79 Å². The maximum absolute atomic E-state index is 11.8. The van der Waals surface area contributed by atoms with Crippen LogP contribution in [0.4, 0.5) is 0 Å². The molecule has 0 aliphatic heterocycles. The lowest BCUT2D eigenvalue weighted by molar-refractivity contribution is -0.132. The van der Waals surface area contributed by atoms with E-state index in [0.717, 1.165) is 18.5 Å². The number of carbonyl (C=O) groups excluding carboxylic acids is 1. The SMILES string of the molecule is CCCN(Cc1ccccc1)C(=O)[C@@H](C)N. The van der Waals surface area contributed by atoms with E-state index in [1.165, 1.54) is 0 Å². The van der Waals surface area contributed by atoms with Gasteiger partial charge in [0.15, 0.2) is 0 Å². The predicted octanol–water partition coefficient (Wildman–Crippen LogP) is 1.77. The van der Waals surface area contributed by atoms with Gasteiger partial charge in [-0.1, -0.05) is 37.3 Å². The van der Waals surface area contributed by atoms with Crippen LogP contribution in [0.15, 0.2) is 30.3 Å². The normalized spacial score (nSPS) is 12.2. The lowest BCUT2D eigenvalue weighted by atomic mass is 10.2. The van der Waals surface area contributed by atoms with E-state index in [0.29, 0.717) is 6.54 Å². The second-order valence-corrected chi connectivity index (χ2v) is 4.03. The number of hydrogen-bond donors (Lipinski definition) is 1. The summed E-state index contributed by atoms with van der Waals surface area (Å²) in [7, 11) is 0. The van der Waals surface area contributed by atoms with E-state index in [-0.39, 0.29) is 5.91 Å². The van der Waals surface area contributed by atoms with Crippen molar-refractivity contribution in [2.45, 2.75) is 32.9 Å². The Labute approximate surface area is 97.2 Å². The van der Waals surface area contributed by atoms with E-state index in [9.17, 15) is 4.79 Å². The monoisotopic (exact) mass is 220 g/mol. The summed E-state index contributed by atoms with van der Waals surface area (Å²) in [6.45, 7) is 5.20. The summed E-state index contributed by atoms with van der Waals surface area (Å²) in [6.07, 6.45) is 0.950. The standard InChI is InChI=1S/C13H20N2O/c1-3-9-15(13(16)11(2)14)10-12-7-5-4-6-8-12/h4-8,11H,3,9-10,14H2,1-2H3/t11-/m1/s1. The third-order valence-corrected chi connectivity index (χ3v) is 2.41. The van der Waals surface area contributed by atoms with Crippen LogP contribution >= 0.6 is 0 Å². The van der Waals surface area contributed by atoms with E-state index in [1.807, 2.05) is 35.2 Å². The molecule has 1 aromatic rings. The molecule has 1 aromatic carbocycles. The average Bonchev–Trinajstić information content (AvgIpc) is 2.29. The lowest BCUT2D eigenvalue weighted by Crippen LogP contribution is -2.42. The maximum atomic E-state index is 11.8. The number of nitrogens with zero attached hydrogens (tertiary/aromatic N) is 1. The van der Waals surface area contributed by atoms with Crippen molar-refractivity contribution in [2.24, 2.45) is 5.73 Å². The predicted molar refractivity (Wildman–Crippen MR) is 65.8 cm³/mol. The highest BCUT2D eigenvalue weighted by Crippen LogP contribution is 2.06. The van der Waals surface area contributed by atoms with Crippen molar-refractivity contribution >= 4 is 5.91 Å². The molecule has 0 fully saturated rings. The smallest absolute Gasteiger partial charge is 0.239 e. The van der Waals surface area contributed by atoms with Gasteiger partial charge in [0.2, 0.25) is 5.91 Å². The highest BCUT2D eigenvalue weighted by atomic mass is 16.2. The van der Waals surface area contributed by atoms with Crippen molar-refractivity contribution in [1.82, 2.24) is 4.90 Å². The van der Waals surface area contributed by atoms with E-state index >= 15 is 0 Å². The van der Waals surface area contributed by atoms with Gasteiger partial charge in [0.1, 0.15) is 0 Å². The summed E-state index contributed by atoms with van der Waals surface area (Å²) in [5.74, 6) is 0.0192. The van der Waals surface area contributed by atoms with Gasteiger partial charge in [0, 0.05) is 13.1 Å². The molecule has 0 radical (unpaired) electrons. The Balaban J connectivity index is 2.68. The fraction of sp³-hybridized carbons (Fsp3) is 0.462. The van der Waals surface area contributed by atoms with Crippen LogP contribution in [0.3, 0.4) is 0 Å². The number of nitrogens with two attached hydrogens (primary N) is 1. The fourth-order valence-corrected chi connectivity index (χ4v) is 1.63. The average molecular weight is 220 g/mol. The molecule has 88 valence electrons. The van der Waals surface area contributed by atoms with Crippen molar-refractivity contribution in [1.29, 1.82) is 0 Å². The van der Waals surface area contributed by atoms with Gasteiger partial charge in [-0.05, 0) is 18.9 Å². The molecule has 16 heavy (non-hydrogen) atoms. The van der Waals surface area contributed by atoms with Gasteiger partial charge < -0.3 is 10.6 Å². The summed E-state index contributed by atoms with van der Waals surface area (Å²) in [5, 5.41) is 0. The third-order valence-electron chi connectivity index (χ3n) is 2.41. The van der Waals surface area contributed by atoms with Crippen LogP contribution in [-0.2, 0) is 11.3 Å². The zero-order valence-electron chi connectivity index (χ0n) is 10.0. The van der Waals surface area contributed by atoms with Crippen LogP contribution in [0, 0.1) is 0 Å². The van der Waals surface area contributed by atoms with Crippen molar-refractivity contribution in [3.8, 4) is 0 Å². The third kappa shape index (κ3) is 3.66. The molecule has 1 rings (SSSR count). The molecular formula is C13H20N2O. The van der Waals surface area contributed by atoms with E-state index in [2.05, 4.69) is 6.92 Å². The summed E-state index contributed by atoms with van der Waals surface area (Å²) in [4.78, 5) is 13.7. The van der Waals surface area contributed by atoms with Crippen LogP contribution in [0.5, 0.6) is 0 Å². The summed E-state index contributed by atoms with van der Waals surface area (Å²) >= 11 is 0. The Morgan fingerprint density at radius 3 is 2.50 bits per heavy atom. The molecule has 0 spiro atoms. The summed E-state index contributed by atoms with van der Waals surface area (Å²) in [6, 6.07) is 9.57. The number of carbonyl (C=O) groups is 1. The van der Waals surface area contributed by atoms with E-state index in [1.54, 1.807) is 6.92 Å². The van der Waals surface area contributed by atoms with Gasteiger partial charge in [0.05, 0.1) is 6.04 Å². The van der Waals surface area contributed by atoms with Gasteiger partial charge in [0.25, 0.3) is 0 Å². The zero-order valence-corrected chi connectivity index (χ0v) is 10.0. The largest absolute Gasteiger partial charge is 0.337 e. The number of rotatable bonds is 5. The second-order valence-electron chi connectivity index (χ2n) is 4.03. The molecule has 0 aromatic heterocycles. The van der Waals surface area contributed by atoms with Crippen LogP contribution in [0.1, 0.15) is 25.8 Å². The first-order valence-electron chi connectivity index (χ1n) is 5.73. The Kier molecular flexibility index (Phi) is 4.99. The minimum absolute atomic E-state index is 0.0192. The first-order chi connectivity index (χ1) is 7.65. The molecule has 1 atom stereocenters. The minimum atomic E-state index is -0.421. The van der Waals surface area contributed by atoms with Crippen LogP contribution in [-0.4, -0.2) is 23.4 Å². The zero-order chi connectivity index (χ0) is 12.0. The van der Waals surface area contributed by atoms with E-state index in [4.69, 9.17) is 5.73 Å². The first kappa shape index (κ1) is 12.7. The second kappa shape index (κ2) is 6.28. The quantitative estimate of drug-likeness (QED) is 0.822. The molecule has 2 N–H and O–H groups in total. The van der Waals surface area contributed by atoms with Crippen molar-refractivity contribution in [3.05, 3.63) is 35.9 Å². The molecule has 0 aliphatic rings. The molecule has 1 amide bonds. The molecule has 0 saturated heterocycles. The van der Waals surface area contributed by atoms with E-state index < -0.39 is 6.04 Å². The van der Waals surface area contributed by atoms with Crippen molar-refractivity contribution in [2.75, 3.05) is 6.54 Å². The van der Waals surface area contributed by atoms with Gasteiger partial charge >= 0.3 is 0 Å². The molecule has 0 heterocycles. The fourth-order valence-electron chi connectivity index (χ4n) is 1.63. The van der Waals surface area contributed by atoms with Crippen LogP contribution in [0.25, 0.3) is 0 Å². The Hall–Kier alpha value is -1.35.